The van der Waals surface area contributed by atoms with E-state index in [1.165, 1.54) is 0 Å². The molecule has 0 saturated heterocycles. The molecule has 2 rings (SSSR count). The van der Waals surface area contributed by atoms with Crippen LogP contribution in [0, 0.1) is 11.6 Å². The van der Waals surface area contributed by atoms with Gasteiger partial charge in [-0.2, -0.15) is 0 Å². The van der Waals surface area contributed by atoms with Crippen LogP contribution in [-0.4, -0.2) is 33.3 Å². The lowest BCUT2D eigenvalue weighted by Gasteiger charge is -2.28. The number of ketones is 1. The quantitative estimate of drug-likeness (QED) is 0.699. The molecule has 4 nitrogen and oxygen atoms in total. The maximum atomic E-state index is 13.4. The van der Waals surface area contributed by atoms with Crippen molar-refractivity contribution in [3.63, 3.8) is 0 Å². The first-order chi connectivity index (χ1) is 11.9. The Labute approximate surface area is 152 Å². The fourth-order valence-corrected chi connectivity index (χ4v) is 2.90. The number of carbonyl (C=O) groups excluding carboxylic acids is 1. The molecule has 0 unspecified atom stereocenters. The Morgan fingerprint density at radius 1 is 1.04 bits per heavy atom. The van der Waals surface area contributed by atoms with Crippen LogP contribution in [0.1, 0.15) is 11.1 Å². The first-order valence-corrected chi connectivity index (χ1v) is 8.60. The minimum atomic E-state index is -1.28. The van der Waals surface area contributed by atoms with E-state index in [-0.39, 0.29) is 29.6 Å². The minimum Gasteiger partial charge on any atom is -0.465 e. The number of hydrogen-bond acceptors (Lipinski definition) is 2. The lowest BCUT2D eigenvalue weighted by atomic mass is 10.0. The lowest BCUT2D eigenvalue weighted by molar-refractivity contribution is -0.121. The minimum absolute atomic E-state index is 0.00260. The van der Waals surface area contributed by atoms with E-state index < -0.39 is 23.8 Å². The van der Waals surface area contributed by atoms with Crippen LogP contribution in [0.15, 0.2) is 48.5 Å². The molecular weight excluding hydrogens is 396 g/mol. The molecule has 1 amide bonds. The van der Waals surface area contributed by atoms with Crippen LogP contribution in [-0.2, 0) is 17.8 Å². The van der Waals surface area contributed by atoms with E-state index in [0.29, 0.717) is 5.56 Å². The van der Waals surface area contributed by atoms with Crippen LogP contribution >= 0.6 is 15.9 Å². The number of carbonyl (C=O) groups is 2. The van der Waals surface area contributed by atoms with Crippen molar-refractivity contribution >= 4 is 27.8 Å². The molecule has 0 spiro atoms. The second-order valence-electron chi connectivity index (χ2n) is 5.49. The summed E-state index contributed by atoms with van der Waals surface area (Å²) in [5.41, 5.74) is 0.929. The summed E-state index contributed by atoms with van der Waals surface area (Å²) in [6.07, 6.45) is -1.39. The van der Waals surface area contributed by atoms with Crippen molar-refractivity contribution in [2.24, 2.45) is 0 Å². The zero-order valence-electron chi connectivity index (χ0n) is 13.2. The van der Waals surface area contributed by atoms with Gasteiger partial charge in [0.15, 0.2) is 5.78 Å². The van der Waals surface area contributed by atoms with Crippen LogP contribution in [0.2, 0.25) is 0 Å². The highest BCUT2D eigenvalue weighted by Crippen LogP contribution is 2.17. The fraction of sp³-hybridized carbons (Fsp3) is 0.222. The Kier molecular flexibility index (Phi) is 6.64. The van der Waals surface area contributed by atoms with Crippen LogP contribution in [0.4, 0.5) is 13.6 Å². The second kappa shape index (κ2) is 8.71. The molecule has 0 fully saturated rings. The molecule has 0 aliphatic carbocycles. The average Bonchev–Trinajstić information content (AvgIpc) is 2.57. The van der Waals surface area contributed by atoms with Gasteiger partial charge in [0.25, 0.3) is 0 Å². The van der Waals surface area contributed by atoms with E-state index in [1.54, 1.807) is 30.3 Å². The van der Waals surface area contributed by atoms with Crippen molar-refractivity contribution in [3.05, 3.63) is 71.3 Å². The number of halogens is 3. The molecule has 25 heavy (non-hydrogen) atoms. The number of benzene rings is 2. The molecule has 132 valence electrons. The van der Waals surface area contributed by atoms with Crippen LogP contribution < -0.4 is 0 Å². The van der Waals surface area contributed by atoms with Gasteiger partial charge in [0, 0.05) is 19.0 Å². The standard InChI is InChI=1S/C18H16BrF2NO3/c19-10-17(23)16(8-13-6-14(20)9-15(21)7-13)22(18(24)25)11-12-4-2-1-3-5-12/h1-7,9,16H,8,10-11H2,(H,24,25)/t16-/m0/s1. The van der Waals surface area contributed by atoms with Gasteiger partial charge in [0.05, 0.1) is 11.4 Å². The summed E-state index contributed by atoms with van der Waals surface area (Å²) in [6, 6.07) is 10.7. The Morgan fingerprint density at radius 2 is 1.64 bits per heavy atom. The first kappa shape index (κ1) is 19.1. The summed E-state index contributed by atoms with van der Waals surface area (Å²) in [5.74, 6) is -1.93. The lowest BCUT2D eigenvalue weighted by Crippen LogP contribution is -2.45. The normalized spacial score (nSPS) is 11.8. The number of alkyl halides is 1. The van der Waals surface area contributed by atoms with E-state index in [1.807, 2.05) is 0 Å². The van der Waals surface area contributed by atoms with Crippen molar-refractivity contribution in [2.75, 3.05) is 5.33 Å². The van der Waals surface area contributed by atoms with Gasteiger partial charge < -0.3 is 5.11 Å². The molecule has 0 radical (unpaired) electrons. The predicted molar refractivity (Wildman–Crippen MR) is 92.7 cm³/mol. The third-order valence-electron chi connectivity index (χ3n) is 3.67. The van der Waals surface area contributed by atoms with Gasteiger partial charge in [0.1, 0.15) is 11.6 Å². The van der Waals surface area contributed by atoms with Gasteiger partial charge in [0.2, 0.25) is 0 Å². The molecule has 0 aliphatic rings. The van der Waals surface area contributed by atoms with Crippen molar-refractivity contribution in [1.29, 1.82) is 0 Å². The van der Waals surface area contributed by atoms with Crippen molar-refractivity contribution in [2.45, 2.75) is 19.0 Å². The number of Topliss-reactive ketones (excluding diaryl/α,β-unsaturated/α-hetero) is 1. The molecule has 1 N–H and O–H groups in total. The van der Waals surface area contributed by atoms with E-state index in [0.717, 1.165) is 23.1 Å². The monoisotopic (exact) mass is 411 g/mol. The molecule has 0 bridgehead atoms. The number of amides is 1. The van der Waals surface area contributed by atoms with E-state index in [2.05, 4.69) is 15.9 Å². The highest BCUT2D eigenvalue weighted by atomic mass is 79.9. The maximum absolute atomic E-state index is 13.4. The average molecular weight is 412 g/mol. The molecule has 0 aliphatic heterocycles. The van der Waals surface area contributed by atoms with Crippen molar-refractivity contribution < 1.29 is 23.5 Å². The molecule has 2 aromatic rings. The van der Waals surface area contributed by atoms with Gasteiger partial charge in [-0.25, -0.2) is 13.6 Å². The first-order valence-electron chi connectivity index (χ1n) is 7.48. The summed E-state index contributed by atoms with van der Waals surface area (Å²) < 4.78 is 26.8. The largest absolute Gasteiger partial charge is 0.465 e. The highest BCUT2D eigenvalue weighted by molar-refractivity contribution is 9.09. The Bertz CT molecular complexity index is 735. The predicted octanol–water partition coefficient (Wildman–Crippen LogP) is 4.02. The fourth-order valence-electron chi connectivity index (χ4n) is 2.53. The molecule has 1 atom stereocenters. The maximum Gasteiger partial charge on any atom is 0.408 e. The molecule has 0 heterocycles. The van der Waals surface area contributed by atoms with E-state index >= 15 is 0 Å². The third kappa shape index (κ3) is 5.35. The van der Waals surface area contributed by atoms with Gasteiger partial charge in [-0.05, 0) is 23.3 Å². The Balaban J connectivity index is 2.32. The third-order valence-corrected chi connectivity index (χ3v) is 4.23. The smallest absolute Gasteiger partial charge is 0.408 e. The number of rotatable bonds is 7. The molecular formula is C18H16BrF2NO3. The topological polar surface area (TPSA) is 57.6 Å². The van der Waals surface area contributed by atoms with Gasteiger partial charge in [-0.15, -0.1) is 0 Å². The van der Waals surface area contributed by atoms with Crippen molar-refractivity contribution in [1.82, 2.24) is 4.90 Å². The molecule has 0 aromatic heterocycles. The van der Waals surface area contributed by atoms with Crippen LogP contribution in [0.25, 0.3) is 0 Å². The molecule has 0 saturated carbocycles. The zero-order valence-corrected chi connectivity index (χ0v) is 14.7. The van der Waals surface area contributed by atoms with Gasteiger partial charge in [-0.1, -0.05) is 46.3 Å². The van der Waals surface area contributed by atoms with E-state index in [9.17, 15) is 23.5 Å². The zero-order chi connectivity index (χ0) is 18.4. The van der Waals surface area contributed by atoms with Crippen molar-refractivity contribution in [3.8, 4) is 0 Å². The molecule has 7 heteroatoms. The SMILES string of the molecule is O=C(CBr)[C@H](Cc1cc(F)cc(F)c1)N(Cc1ccccc1)C(=O)O. The summed E-state index contributed by atoms with van der Waals surface area (Å²) in [4.78, 5) is 25.0. The Morgan fingerprint density at radius 3 is 2.16 bits per heavy atom. The van der Waals surface area contributed by atoms with Crippen LogP contribution in [0.5, 0.6) is 0 Å². The number of carboxylic acid groups (broad SMARTS) is 1. The summed E-state index contributed by atoms with van der Waals surface area (Å²) in [5, 5.41) is 9.49. The summed E-state index contributed by atoms with van der Waals surface area (Å²) in [7, 11) is 0. The highest BCUT2D eigenvalue weighted by Gasteiger charge is 2.29. The molecule has 2 aromatic carbocycles. The Hall–Kier alpha value is -2.28. The van der Waals surface area contributed by atoms with Crippen LogP contribution in [0.3, 0.4) is 0 Å². The number of nitrogens with zero attached hydrogens (tertiary/aromatic N) is 1. The van der Waals surface area contributed by atoms with E-state index in [4.69, 9.17) is 0 Å². The summed E-state index contributed by atoms with van der Waals surface area (Å²) in [6.45, 7) is -0.00260. The van der Waals surface area contributed by atoms with Gasteiger partial charge >= 0.3 is 6.09 Å². The van der Waals surface area contributed by atoms with Gasteiger partial charge in [-0.3, -0.25) is 9.69 Å². The summed E-state index contributed by atoms with van der Waals surface area (Å²) >= 11 is 3.04. The number of hydrogen-bond donors (Lipinski definition) is 1. The second-order valence-corrected chi connectivity index (χ2v) is 6.05.